The van der Waals surface area contributed by atoms with Gasteiger partial charge in [-0.05, 0) is 18.2 Å². The number of carbonyl (C=O) groups excluding carboxylic acids is 1. The van der Waals surface area contributed by atoms with Crippen molar-refractivity contribution in [1.29, 1.82) is 0 Å². The SMILES string of the molecule is O=C(CCSc1ccc(C(F)(F)F)cn1)Nc1ccccc1[N+](=O)[O-]. The lowest BCUT2D eigenvalue weighted by molar-refractivity contribution is -0.383. The minimum absolute atomic E-state index is 0.0272. The van der Waals surface area contributed by atoms with Crippen molar-refractivity contribution in [2.24, 2.45) is 0 Å². The van der Waals surface area contributed by atoms with E-state index < -0.39 is 22.6 Å². The van der Waals surface area contributed by atoms with E-state index in [0.717, 1.165) is 24.0 Å². The lowest BCUT2D eigenvalue weighted by Gasteiger charge is -2.07. The zero-order chi connectivity index (χ0) is 18.4. The Morgan fingerprint density at radius 3 is 2.56 bits per heavy atom. The summed E-state index contributed by atoms with van der Waals surface area (Å²) >= 11 is 1.12. The van der Waals surface area contributed by atoms with Crippen LogP contribution in [0.2, 0.25) is 0 Å². The van der Waals surface area contributed by atoms with Crippen LogP contribution in [0.1, 0.15) is 12.0 Å². The molecule has 1 aromatic carbocycles. The number of nitrogens with zero attached hydrogens (tertiary/aromatic N) is 2. The zero-order valence-corrected chi connectivity index (χ0v) is 13.4. The van der Waals surface area contributed by atoms with Crippen LogP contribution in [0.15, 0.2) is 47.6 Å². The van der Waals surface area contributed by atoms with Crippen LogP contribution < -0.4 is 5.32 Å². The molecule has 1 N–H and O–H groups in total. The third-order valence-corrected chi connectivity index (χ3v) is 3.96. The number of anilines is 1. The highest BCUT2D eigenvalue weighted by Crippen LogP contribution is 2.29. The fourth-order valence-corrected chi connectivity index (χ4v) is 2.62. The number of pyridine rings is 1. The van der Waals surface area contributed by atoms with Crippen molar-refractivity contribution in [3.8, 4) is 0 Å². The molecule has 0 atom stereocenters. The van der Waals surface area contributed by atoms with E-state index in [2.05, 4.69) is 10.3 Å². The van der Waals surface area contributed by atoms with E-state index in [-0.39, 0.29) is 23.5 Å². The maximum absolute atomic E-state index is 12.4. The zero-order valence-electron chi connectivity index (χ0n) is 12.6. The molecule has 2 aromatic rings. The Balaban J connectivity index is 1.86. The molecule has 2 rings (SSSR count). The Labute approximate surface area is 144 Å². The van der Waals surface area contributed by atoms with Crippen molar-refractivity contribution >= 4 is 29.0 Å². The summed E-state index contributed by atoms with van der Waals surface area (Å²) in [5.74, 6) is -0.168. The molecule has 0 bridgehead atoms. The van der Waals surface area contributed by atoms with E-state index in [0.29, 0.717) is 5.03 Å². The number of nitro groups is 1. The van der Waals surface area contributed by atoms with Crippen LogP contribution in [0.4, 0.5) is 24.5 Å². The summed E-state index contributed by atoms with van der Waals surface area (Å²) in [5.41, 5.74) is -0.964. The van der Waals surface area contributed by atoms with Crippen molar-refractivity contribution in [3.05, 3.63) is 58.3 Å². The van der Waals surface area contributed by atoms with Gasteiger partial charge in [-0.15, -0.1) is 11.8 Å². The molecule has 0 unspecified atom stereocenters. The lowest BCUT2D eigenvalue weighted by Crippen LogP contribution is -2.13. The normalized spacial score (nSPS) is 11.2. The van der Waals surface area contributed by atoms with Gasteiger partial charge >= 0.3 is 6.18 Å². The summed E-state index contributed by atoms with van der Waals surface area (Å²) in [6.45, 7) is 0. The Morgan fingerprint density at radius 1 is 1.24 bits per heavy atom. The van der Waals surface area contributed by atoms with E-state index >= 15 is 0 Å². The summed E-state index contributed by atoms with van der Waals surface area (Å²) in [7, 11) is 0. The number of para-hydroxylation sites is 2. The molecule has 0 aliphatic rings. The fourth-order valence-electron chi connectivity index (χ4n) is 1.83. The Hall–Kier alpha value is -2.62. The molecule has 10 heteroatoms. The van der Waals surface area contributed by atoms with Gasteiger partial charge in [0.05, 0.1) is 15.5 Å². The molecule has 1 heterocycles. The highest BCUT2D eigenvalue weighted by Gasteiger charge is 2.30. The van der Waals surface area contributed by atoms with Gasteiger partial charge in [-0.25, -0.2) is 4.98 Å². The second-order valence-corrected chi connectivity index (χ2v) is 5.92. The van der Waals surface area contributed by atoms with Crippen molar-refractivity contribution in [2.45, 2.75) is 17.6 Å². The number of benzene rings is 1. The highest BCUT2D eigenvalue weighted by atomic mass is 32.2. The third-order valence-electron chi connectivity index (χ3n) is 3.02. The van der Waals surface area contributed by atoms with E-state index in [1.807, 2.05) is 0 Å². The fraction of sp³-hybridized carbons (Fsp3) is 0.200. The predicted molar refractivity (Wildman–Crippen MR) is 86.3 cm³/mol. The molecule has 0 aliphatic carbocycles. The van der Waals surface area contributed by atoms with Crippen LogP contribution in [-0.4, -0.2) is 21.6 Å². The van der Waals surface area contributed by atoms with Gasteiger partial charge in [0.25, 0.3) is 5.69 Å². The quantitative estimate of drug-likeness (QED) is 0.469. The monoisotopic (exact) mass is 371 g/mol. The van der Waals surface area contributed by atoms with Crippen LogP contribution in [0.25, 0.3) is 0 Å². The standard InChI is InChI=1S/C15H12F3N3O3S/c16-15(17,18)10-5-6-14(19-9-10)25-8-7-13(22)20-11-3-1-2-4-12(11)21(23)24/h1-6,9H,7-8H2,(H,20,22). The van der Waals surface area contributed by atoms with Crippen LogP contribution in [-0.2, 0) is 11.0 Å². The van der Waals surface area contributed by atoms with Crippen molar-refractivity contribution < 1.29 is 22.9 Å². The first-order valence-corrected chi connectivity index (χ1v) is 7.95. The molecule has 0 aliphatic heterocycles. The number of aromatic nitrogens is 1. The van der Waals surface area contributed by atoms with E-state index in [1.165, 1.54) is 24.3 Å². The molecule has 0 fully saturated rings. The number of carbonyl (C=O) groups is 1. The van der Waals surface area contributed by atoms with E-state index in [4.69, 9.17) is 0 Å². The molecular formula is C15H12F3N3O3S. The summed E-state index contributed by atoms with van der Waals surface area (Å²) in [6.07, 6.45) is -3.68. The summed E-state index contributed by atoms with van der Waals surface area (Å²) in [4.78, 5) is 25.8. The first-order valence-electron chi connectivity index (χ1n) is 6.96. The van der Waals surface area contributed by atoms with E-state index in [9.17, 15) is 28.1 Å². The predicted octanol–water partition coefficient (Wildman–Crippen LogP) is 4.13. The first-order chi connectivity index (χ1) is 11.8. The number of rotatable bonds is 6. The molecule has 6 nitrogen and oxygen atoms in total. The number of hydrogen-bond donors (Lipinski definition) is 1. The molecule has 132 valence electrons. The molecular weight excluding hydrogens is 359 g/mol. The Morgan fingerprint density at radius 2 is 1.96 bits per heavy atom. The smallest absolute Gasteiger partial charge is 0.320 e. The minimum Gasteiger partial charge on any atom is -0.320 e. The molecule has 1 amide bonds. The van der Waals surface area contributed by atoms with Crippen molar-refractivity contribution in [3.63, 3.8) is 0 Å². The van der Waals surface area contributed by atoms with Gasteiger partial charge in [0.15, 0.2) is 0 Å². The van der Waals surface area contributed by atoms with Crippen LogP contribution >= 0.6 is 11.8 Å². The van der Waals surface area contributed by atoms with Gasteiger partial charge in [0.2, 0.25) is 5.91 Å². The lowest BCUT2D eigenvalue weighted by atomic mass is 10.2. The number of alkyl halides is 3. The summed E-state index contributed by atoms with van der Waals surface area (Å²) < 4.78 is 37.3. The average Bonchev–Trinajstić information content (AvgIpc) is 2.55. The summed E-state index contributed by atoms with van der Waals surface area (Å²) in [5, 5.41) is 13.7. The number of halogens is 3. The molecule has 25 heavy (non-hydrogen) atoms. The van der Waals surface area contributed by atoms with Gasteiger partial charge < -0.3 is 5.32 Å². The summed E-state index contributed by atoms with van der Waals surface area (Å²) in [6, 6.07) is 7.89. The van der Waals surface area contributed by atoms with E-state index in [1.54, 1.807) is 6.07 Å². The number of nitro benzene ring substituents is 1. The van der Waals surface area contributed by atoms with Gasteiger partial charge in [0, 0.05) is 24.4 Å². The maximum Gasteiger partial charge on any atom is 0.417 e. The number of nitrogens with one attached hydrogen (secondary N) is 1. The molecule has 0 saturated heterocycles. The van der Waals surface area contributed by atoms with Crippen molar-refractivity contribution in [2.75, 3.05) is 11.1 Å². The molecule has 0 saturated carbocycles. The Bertz CT molecular complexity index is 767. The average molecular weight is 371 g/mol. The van der Waals surface area contributed by atoms with Crippen LogP contribution in [0.3, 0.4) is 0 Å². The molecule has 0 radical (unpaired) electrons. The Kier molecular flexibility index (Phi) is 5.97. The van der Waals surface area contributed by atoms with Gasteiger partial charge in [-0.2, -0.15) is 13.2 Å². The number of hydrogen-bond acceptors (Lipinski definition) is 5. The maximum atomic E-state index is 12.4. The molecule has 1 aromatic heterocycles. The van der Waals surface area contributed by atoms with Gasteiger partial charge in [-0.3, -0.25) is 14.9 Å². The number of amides is 1. The molecule has 0 spiro atoms. The second kappa shape index (κ2) is 7.97. The highest BCUT2D eigenvalue weighted by molar-refractivity contribution is 7.99. The number of thioether (sulfide) groups is 1. The third kappa shape index (κ3) is 5.45. The van der Waals surface area contributed by atoms with Crippen LogP contribution in [0.5, 0.6) is 0 Å². The topological polar surface area (TPSA) is 85.1 Å². The first kappa shape index (κ1) is 18.7. The second-order valence-electron chi connectivity index (χ2n) is 4.80. The van der Waals surface area contributed by atoms with Gasteiger partial charge in [0.1, 0.15) is 5.69 Å². The van der Waals surface area contributed by atoms with Crippen LogP contribution in [0, 0.1) is 10.1 Å². The van der Waals surface area contributed by atoms with Gasteiger partial charge in [-0.1, -0.05) is 12.1 Å². The van der Waals surface area contributed by atoms with Crippen molar-refractivity contribution in [1.82, 2.24) is 4.98 Å². The minimum atomic E-state index is -4.44. The largest absolute Gasteiger partial charge is 0.417 e.